The highest BCUT2D eigenvalue weighted by atomic mass is 14.4. The van der Waals surface area contributed by atoms with E-state index in [2.05, 4.69) is 27.7 Å². The molecule has 0 aromatic carbocycles. The van der Waals surface area contributed by atoms with Crippen molar-refractivity contribution in [1.82, 2.24) is 0 Å². The molecule has 0 atom stereocenters. The second-order valence-electron chi connectivity index (χ2n) is 5.35. The summed E-state index contributed by atoms with van der Waals surface area (Å²) in [5.74, 6) is 2.08. The molecule has 0 aliphatic heterocycles. The number of hydrogen-bond acceptors (Lipinski definition) is 0. The van der Waals surface area contributed by atoms with Gasteiger partial charge < -0.3 is 0 Å². The summed E-state index contributed by atoms with van der Waals surface area (Å²) in [6.45, 7) is 9.24. The normalized spacial score (nSPS) is 32.3. The number of hydrogen-bond donors (Lipinski definition) is 0. The molecule has 0 N–H and O–H groups in total. The zero-order valence-electron chi connectivity index (χ0n) is 8.48. The van der Waals surface area contributed by atoms with Crippen molar-refractivity contribution in [2.75, 3.05) is 0 Å². The lowest BCUT2D eigenvalue weighted by Crippen LogP contribution is -2.16. The molecule has 0 spiro atoms. The fourth-order valence-corrected chi connectivity index (χ4v) is 1.55. The molecule has 13 heavy (non-hydrogen) atoms. The Labute approximate surface area is 86.1 Å². The van der Waals surface area contributed by atoms with Gasteiger partial charge in [-0.1, -0.05) is 42.5 Å². The molecule has 2 saturated carbocycles. The van der Waals surface area contributed by atoms with Crippen LogP contribution in [0, 0.1) is 17.3 Å². The maximum Gasteiger partial charge on any atom is -0.0354 e. The van der Waals surface area contributed by atoms with Gasteiger partial charge in [-0.3, -0.25) is 0 Å². The van der Waals surface area contributed by atoms with Crippen molar-refractivity contribution in [3.05, 3.63) is 0 Å². The minimum atomic E-state index is 0. The summed E-state index contributed by atoms with van der Waals surface area (Å²) in [5, 5.41) is 0. The second-order valence-corrected chi connectivity index (χ2v) is 5.35. The molecular formula is C13H30. The van der Waals surface area contributed by atoms with E-state index >= 15 is 0 Å². The van der Waals surface area contributed by atoms with Crippen LogP contribution in [0.4, 0.5) is 0 Å². The predicted molar refractivity (Wildman–Crippen MR) is 64.0 cm³/mol. The van der Waals surface area contributed by atoms with Gasteiger partial charge in [-0.05, 0) is 42.9 Å². The fraction of sp³-hybridized carbons (Fsp3) is 1.00. The fourth-order valence-electron chi connectivity index (χ4n) is 1.55. The Morgan fingerprint density at radius 3 is 1.08 bits per heavy atom. The second kappa shape index (κ2) is 5.67. The van der Waals surface area contributed by atoms with Crippen molar-refractivity contribution in [3.8, 4) is 0 Å². The van der Waals surface area contributed by atoms with Crippen LogP contribution in [0.5, 0.6) is 0 Å². The van der Waals surface area contributed by atoms with Crippen LogP contribution in [-0.2, 0) is 0 Å². The van der Waals surface area contributed by atoms with Gasteiger partial charge in [-0.2, -0.15) is 0 Å². The average Bonchev–Trinajstić information content (AvgIpc) is 2.45. The Morgan fingerprint density at radius 2 is 1.08 bits per heavy atom. The van der Waals surface area contributed by atoms with E-state index in [1.54, 1.807) is 0 Å². The highest BCUT2D eigenvalue weighted by molar-refractivity contribution is 4.82. The Kier molecular flexibility index (Phi) is 6.75. The van der Waals surface area contributed by atoms with Crippen molar-refractivity contribution in [2.24, 2.45) is 17.3 Å². The van der Waals surface area contributed by atoms with E-state index in [-0.39, 0.29) is 14.9 Å². The zero-order chi connectivity index (χ0) is 8.48. The first kappa shape index (κ1) is 15.5. The molecule has 0 saturated heterocycles. The van der Waals surface area contributed by atoms with Gasteiger partial charge in [0.05, 0.1) is 0 Å². The maximum atomic E-state index is 2.32. The summed E-state index contributed by atoms with van der Waals surface area (Å²) >= 11 is 0. The molecular weight excluding hydrogens is 156 g/mol. The van der Waals surface area contributed by atoms with Gasteiger partial charge >= 0.3 is 0 Å². The number of rotatable bonds is 0. The van der Waals surface area contributed by atoms with E-state index in [0.717, 1.165) is 17.3 Å². The topological polar surface area (TPSA) is 0 Å². The lowest BCUT2D eigenvalue weighted by molar-refractivity contribution is 0.233. The first-order valence-electron chi connectivity index (χ1n) is 4.99. The summed E-state index contributed by atoms with van der Waals surface area (Å²) in [5.41, 5.74) is 0.750. The van der Waals surface area contributed by atoms with Gasteiger partial charge in [0.2, 0.25) is 0 Å². The van der Waals surface area contributed by atoms with Crippen LogP contribution in [0.2, 0.25) is 0 Å². The molecule has 2 fully saturated rings. The summed E-state index contributed by atoms with van der Waals surface area (Å²) in [6.07, 6.45) is 5.85. The monoisotopic (exact) mass is 186 g/mol. The van der Waals surface area contributed by atoms with Crippen molar-refractivity contribution < 1.29 is 0 Å². The van der Waals surface area contributed by atoms with Crippen molar-refractivity contribution >= 4 is 0 Å². The van der Waals surface area contributed by atoms with Crippen LogP contribution in [0.1, 0.15) is 68.2 Å². The van der Waals surface area contributed by atoms with Gasteiger partial charge in [-0.25, -0.2) is 0 Å². The Balaban J connectivity index is 0. The van der Waals surface area contributed by atoms with E-state index < -0.39 is 0 Å². The van der Waals surface area contributed by atoms with E-state index in [9.17, 15) is 0 Å². The van der Waals surface area contributed by atoms with Crippen LogP contribution in [-0.4, -0.2) is 0 Å². The molecule has 0 unspecified atom stereocenters. The predicted octanol–water partition coefficient (Wildman–Crippen LogP) is 5.13. The summed E-state index contributed by atoms with van der Waals surface area (Å²) in [7, 11) is 0. The van der Waals surface area contributed by atoms with Crippen LogP contribution in [0.25, 0.3) is 0 Å². The van der Waals surface area contributed by atoms with Gasteiger partial charge in [0, 0.05) is 0 Å². The SMILES string of the molecule is C.C.CC1(C)CC1.CC1CC(C)C1. The third kappa shape index (κ3) is 7.10. The Morgan fingerprint density at radius 1 is 0.846 bits per heavy atom. The molecule has 0 amide bonds. The van der Waals surface area contributed by atoms with E-state index in [0.29, 0.717) is 0 Å². The van der Waals surface area contributed by atoms with Crippen LogP contribution in [0.3, 0.4) is 0 Å². The van der Waals surface area contributed by atoms with Crippen molar-refractivity contribution in [1.29, 1.82) is 0 Å². The minimum absolute atomic E-state index is 0. The molecule has 0 bridgehead atoms. The van der Waals surface area contributed by atoms with Crippen molar-refractivity contribution in [3.63, 3.8) is 0 Å². The third-order valence-electron chi connectivity index (χ3n) is 2.86. The molecule has 0 aromatic heterocycles. The van der Waals surface area contributed by atoms with Crippen LogP contribution in [0.15, 0.2) is 0 Å². The highest BCUT2D eigenvalue weighted by Crippen LogP contribution is 2.43. The Bertz CT molecular complexity index is 106. The molecule has 0 aromatic rings. The van der Waals surface area contributed by atoms with E-state index in [1.807, 2.05) is 0 Å². The molecule has 0 heterocycles. The highest BCUT2D eigenvalue weighted by Gasteiger charge is 2.30. The first-order valence-corrected chi connectivity index (χ1v) is 4.99. The zero-order valence-corrected chi connectivity index (χ0v) is 8.48. The molecule has 0 nitrogen and oxygen atoms in total. The smallest absolute Gasteiger partial charge is 0.0354 e. The average molecular weight is 186 g/mol. The summed E-state index contributed by atoms with van der Waals surface area (Å²) in [4.78, 5) is 0. The lowest BCUT2D eigenvalue weighted by Gasteiger charge is -2.28. The summed E-state index contributed by atoms with van der Waals surface area (Å²) in [6, 6.07) is 0. The van der Waals surface area contributed by atoms with Crippen LogP contribution < -0.4 is 0 Å². The molecule has 0 radical (unpaired) electrons. The lowest BCUT2D eigenvalue weighted by atomic mass is 9.78. The minimum Gasteiger partial charge on any atom is -0.0776 e. The quantitative estimate of drug-likeness (QED) is 0.492. The first-order chi connectivity index (χ1) is 4.99. The molecule has 2 aliphatic carbocycles. The van der Waals surface area contributed by atoms with Gasteiger partial charge in [-0.15, -0.1) is 0 Å². The maximum absolute atomic E-state index is 2.32. The molecule has 0 heteroatoms. The molecule has 2 rings (SSSR count). The summed E-state index contributed by atoms with van der Waals surface area (Å²) < 4.78 is 0. The molecule has 2 aliphatic rings. The van der Waals surface area contributed by atoms with Crippen LogP contribution >= 0.6 is 0 Å². The standard InChI is InChI=1S/C6H12.C5H10.2CH4/c1-5-3-6(2)4-5;1-5(2)3-4-5;;/h5-6H,3-4H2,1-2H3;3-4H2,1-2H3;2*1H4. The van der Waals surface area contributed by atoms with Crippen molar-refractivity contribution in [2.45, 2.75) is 68.2 Å². The van der Waals surface area contributed by atoms with Gasteiger partial charge in [0.25, 0.3) is 0 Å². The largest absolute Gasteiger partial charge is 0.0776 e. The third-order valence-corrected chi connectivity index (χ3v) is 2.86. The molecule has 82 valence electrons. The van der Waals surface area contributed by atoms with E-state index in [1.165, 1.54) is 25.7 Å². The van der Waals surface area contributed by atoms with Gasteiger partial charge in [0.15, 0.2) is 0 Å². The van der Waals surface area contributed by atoms with Gasteiger partial charge in [0.1, 0.15) is 0 Å². The van der Waals surface area contributed by atoms with E-state index in [4.69, 9.17) is 0 Å². The Hall–Kier alpha value is 0.